The molecule has 0 bridgehead atoms. The van der Waals surface area contributed by atoms with Crippen LogP contribution >= 0.6 is 22.6 Å². The number of unbranched alkanes of at least 4 members (excludes halogenated alkanes) is 5. The molecule has 0 aliphatic rings. The summed E-state index contributed by atoms with van der Waals surface area (Å²) in [6.07, 6.45) is 12.4. The maximum Gasteiger partial charge on any atom is 0.120 e. The molecule has 1 N–H and O–H groups in total. The molecular formula is C16H32BIO. The van der Waals surface area contributed by atoms with Crippen molar-refractivity contribution >= 4 is 30.4 Å². The standard InChI is InChI=1S/C16H32BIO/c1-4-6-8-9-10-12-15(3,11-7-5-2)16(18,19)13-14-17/h19H,4-14H2,1-3H3/t15?,16-/m0/s1. The van der Waals surface area contributed by atoms with Gasteiger partial charge in [0.25, 0.3) is 0 Å². The lowest BCUT2D eigenvalue weighted by molar-refractivity contribution is 0.00255. The average molecular weight is 378 g/mol. The van der Waals surface area contributed by atoms with E-state index < -0.39 is 3.61 Å². The molecule has 19 heavy (non-hydrogen) atoms. The Morgan fingerprint density at radius 1 is 0.895 bits per heavy atom. The van der Waals surface area contributed by atoms with Gasteiger partial charge in [0.1, 0.15) is 3.61 Å². The van der Waals surface area contributed by atoms with Crippen LogP contribution in [0.2, 0.25) is 6.32 Å². The highest BCUT2D eigenvalue weighted by atomic mass is 127. The summed E-state index contributed by atoms with van der Waals surface area (Å²) in [5.41, 5.74) is 0.00908. The summed E-state index contributed by atoms with van der Waals surface area (Å²) in [4.78, 5) is 0. The largest absolute Gasteiger partial charge is 0.379 e. The van der Waals surface area contributed by atoms with Gasteiger partial charge in [-0.05, 0) is 41.9 Å². The van der Waals surface area contributed by atoms with E-state index in [0.717, 1.165) is 12.8 Å². The second-order valence-corrected chi connectivity index (χ2v) is 7.91. The van der Waals surface area contributed by atoms with Crippen molar-refractivity contribution in [1.29, 1.82) is 0 Å². The molecule has 0 heterocycles. The first-order chi connectivity index (χ1) is 8.93. The van der Waals surface area contributed by atoms with Crippen LogP contribution in [0.1, 0.15) is 85.0 Å². The van der Waals surface area contributed by atoms with E-state index in [1.807, 2.05) is 0 Å². The molecule has 0 rings (SSSR count). The molecule has 0 aromatic heterocycles. The number of hydrogen-bond donors (Lipinski definition) is 1. The van der Waals surface area contributed by atoms with Gasteiger partial charge in [0.15, 0.2) is 0 Å². The molecule has 0 aliphatic carbocycles. The van der Waals surface area contributed by atoms with Gasteiger partial charge in [0.2, 0.25) is 0 Å². The summed E-state index contributed by atoms with van der Waals surface area (Å²) >= 11 is 2.24. The van der Waals surface area contributed by atoms with Crippen molar-refractivity contribution in [3.8, 4) is 0 Å². The summed E-state index contributed by atoms with van der Waals surface area (Å²) < 4.78 is -0.653. The highest BCUT2D eigenvalue weighted by molar-refractivity contribution is 14.1. The molecule has 0 aromatic rings. The van der Waals surface area contributed by atoms with E-state index >= 15 is 0 Å². The molecule has 112 valence electrons. The summed E-state index contributed by atoms with van der Waals surface area (Å²) in [6.45, 7) is 6.72. The van der Waals surface area contributed by atoms with Crippen molar-refractivity contribution in [3.05, 3.63) is 0 Å². The fraction of sp³-hybridized carbons (Fsp3) is 1.00. The monoisotopic (exact) mass is 378 g/mol. The zero-order valence-electron chi connectivity index (χ0n) is 13.2. The van der Waals surface area contributed by atoms with Gasteiger partial charge < -0.3 is 5.11 Å². The molecule has 1 nitrogen and oxygen atoms in total. The molecule has 3 heteroatoms. The Morgan fingerprint density at radius 2 is 1.42 bits per heavy atom. The van der Waals surface area contributed by atoms with Crippen LogP contribution < -0.4 is 0 Å². The topological polar surface area (TPSA) is 20.2 Å². The first-order valence-corrected chi connectivity index (χ1v) is 9.12. The molecule has 2 radical (unpaired) electrons. The fourth-order valence-electron chi connectivity index (χ4n) is 2.69. The summed E-state index contributed by atoms with van der Waals surface area (Å²) in [5, 5.41) is 10.8. The molecule has 2 atom stereocenters. The van der Waals surface area contributed by atoms with E-state index in [0.29, 0.717) is 12.7 Å². The molecule has 0 amide bonds. The van der Waals surface area contributed by atoms with Crippen molar-refractivity contribution in [3.63, 3.8) is 0 Å². The quantitative estimate of drug-likeness (QED) is 0.202. The van der Waals surface area contributed by atoms with Gasteiger partial charge in [-0.1, -0.05) is 72.0 Å². The zero-order valence-corrected chi connectivity index (χ0v) is 15.3. The van der Waals surface area contributed by atoms with Crippen LogP contribution in [-0.2, 0) is 0 Å². The molecule has 0 aromatic carbocycles. The predicted octanol–water partition coefficient (Wildman–Crippen LogP) is 5.64. The maximum atomic E-state index is 10.8. The van der Waals surface area contributed by atoms with Gasteiger partial charge in [-0.2, -0.15) is 0 Å². The maximum absolute atomic E-state index is 10.8. The molecule has 1 unspecified atom stereocenters. The van der Waals surface area contributed by atoms with E-state index in [4.69, 9.17) is 7.85 Å². The average Bonchev–Trinajstić information content (AvgIpc) is 2.36. The number of hydrogen-bond acceptors (Lipinski definition) is 1. The third kappa shape index (κ3) is 7.36. The van der Waals surface area contributed by atoms with Crippen molar-refractivity contribution in [2.45, 2.75) is 94.9 Å². The van der Waals surface area contributed by atoms with Gasteiger partial charge in [0, 0.05) is 5.41 Å². The fourth-order valence-corrected chi connectivity index (χ4v) is 3.54. The third-order valence-electron chi connectivity index (χ3n) is 4.31. The second-order valence-electron chi connectivity index (χ2n) is 6.13. The number of aliphatic hydroxyl groups is 1. The minimum atomic E-state index is -0.653. The van der Waals surface area contributed by atoms with E-state index in [9.17, 15) is 5.11 Å². The van der Waals surface area contributed by atoms with Gasteiger partial charge in [-0.3, -0.25) is 0 Å². The van der Waals surface area contributed by atoms with E-state index in [1.165, 1.54) is 44.9 Å². The van der Waals surface area contributed by atoms with Crippen LogP contribution in [0.15, 0.2) is 0 Å². The lowest BCUT2D eigenvalue weighted by Crippen LogP contribution is -2.41. The lowest BCUT2D eigenvalue weighted by Gasteiger charge is -2.42. The Morgan fingerprint density at radius 3 is 1.95 bits per heavy atom. The molecule has 0 spiro atoms. The smallest absolute Gasteiger partial charge is 0.120 e. The Kier molecular flexibility index (Phi) is 10.9. The third-order valence-corrected chi connectivity index (χ3v) is 6.16. The molecule has 0 saturated heterocycles. The first-order valence-electron chi connectivity index (χ1n) is 8.05. The number of alkyl halides is 1. The minimum absolute atomic E-state index is 0.00908. The lowest BCUT2D eigenvalue weighted by atomic mass is 9.73. The SMILES string of the molecule is [B]CC[C@@](O)(I)C(C)(CCCC)CCCCCCC. The van der Waals surface area contributed by atoms with Crippen LogP contribution in [0.25, 0.3) is 0 Å². The van der Waals surface area contributed by atoms with Gasteiger partial charge in [-0.25, -0.2) is 0 Å². The molecule has 0 fully saturated rings. The van der Waals surface area contributed by atoms with E-state index in [1.54, 1.807) is 0 Å². The van der Waals surface area contributed by atoms with Gasteiger partial charge >= 0.3 is 0 Å². The normalized spacial score (nSPS) is 17.9. The van der Waals surface area contributed by atoms with Crippen LogP contribution in [0, 0.1) is 5.41 Å². The van der Waals surface area contributed by atoms with E-state index in [-0.39, 0.29) is 5.41 Å². The first kappa shape index (κ1) is 19.8. The van der Waals surface area contributed by atoms with Crippen molar-refractivity contribution < 1.29 is 5.11 Å². The Bertz CT molecular complexity index is 221. The molecule has 0 saturated carbocycles. The van der Waals surface area contributed by atoms with E-state index in [2.05, 4.69) is 43.4 Å². The van der Waals surface area contributed by atoms with Gasteiger partial charge in [0.05, 0.1) is 7.85 Å². The highest BCUT2D eigenvalue weighted by Gasteiger charge is 2.42. The van der Waals surface area contributed by atoms with Crippen molar-refractivity contribution in [1.82, 2.24) is 0 Å². The van der Waals surface area contributed by atoms with Crippen LogP contribution in [0.4, 0.5) is 0 Å². The summed E-state index contributed by atoms with van der Waals surface area (Å²) in [5.74, 6) is 0. The Labute approximate surface area is 135 Å². The van der Waals surface area contributed by atoms with Crippen LogP contribution in [0.3, 0.4) is 0 Å². The molecule has 0 aliphatic heterocycles. The van der Waals surface area contributed by atoms with Crippen LogP contribution in [-0.4, -0.2) is 16.6 Å². The van der Waals surface area contributed by atoms with Crippen molar-refractivity contribution in [2.24, 2.45) is 5.41 Å². The number of halogens is 1. The van der Waals surface area contributed by atoms with Crippen LogP contribution in [0.5, 0.6) is 0 Å². The number of rotatable bonds is 12. The highest BCUT2D eigenvalue weighted by Crippen LogP contribution is 2.47. The molecular weight excluding hydrogens is 346 g/mol. The second kappa shape index (κ2) is 10.5. The predicted molar refractivity (Wildman–Crippen MR) is 95.2 cm³/mol. The summed E-state index contributed by atoms with van der Waals surface area (Å²) in [6, 6.07) is 0. The minimum Gasteiger partial charge on any atom is -0.379 e. The Hall–Kier alpha value is 0.755. The summed E-state index contributed by atoms with van der Waals surface area (Å²) in [7, 11) is 5.67. The van der Waals surface area contributed by atoms with Crippen molar-refractivity contribution in [2.75, 3.05) is 0 Å². The van der Waals surface area contributed by atoms with Gasteiger partial charge in [-0.15, -0.1) is 0 Å². The Balaban J connectivity index is 4.41. The zero-order chi connectivity index (χ0) is 14.8.